The van der Waals surface area contributed by atoms with Gasteiger partial charge in [-0.25, -0.2) is 4.98 Å². The number of carbonyl (C=O) groups is 1. The standard InChI is InChI=1S/C24H26N4O/c1-14-15(2)28-13-20(23(29)26-18-7-8-18)19-9-10-24(27-21(19)22(28)25-14)11-16-5-3-4-6-17(16)12-24/h3-6,13,18,27H,7-12H2,1-2H3,(H,26,29). The maximum atomic E-state index is 13.0. The zero-order valence-electron chi connectivity index (χ0n) is 17.0. The van der Waals surface area contributed by atoms with E-state index in [0.29, 0.717) is 6.04 Å². The number of imidazole rings is 1. The van der Waals surface area contributed by atoms with Gasteiger partial charge in [-0.15, -0.1) is 0 Å². The Balaban J connectivity index is 1.48. The van der Waals surface area contributed by atoms with Gasteiger partial charge in [0.15, 0.2) is 5.65 Å². The summed E-state index contributed by atoms with van der Waals surface area (Å²) in [6.07, 6.45) is 8.21. The summed E-state index contributed by atoms with van der Waals surface area (Å²) in [5.74, 6) is 0.0591. The number of hydrogen-bond acceptors (Lipinski definition) is 3. The first-order valence-corrected chi connectivity index (χ1v) is 10.7. The summed E-state index contributed by atoms with van der Waals surface area (Å²) >= 11 is 0. The molecule has 0 radical (unpaired) electrons. The van der Waals surface area contributed by atoms with E-state index in [1.165, 1.54) is 11.1 Å². The lowest BCUT2D eigenvalue weighted by Crippen LogP contribution is -2.43. The first-order chi connectivity index (χ1) is 14.0. The van der Waals surface area contributed by atoms with Crippen molar-refractivity contribution in [3.63, 3.8) is 0 Å². The summed E-state index contributed by atoms with van der Waals surface area (Å²) in [5.41, 5.74) is 8.96. The Morgan fingerprint density at radius 3 is 2.62 bits per heavy atom. The van der Waals surface area contributed by atoms with Crippen LogP contribution in [-0.2, 0) is 19.3 Å². The van der Waals surface area contributed by atoms with Gasteiger partial charge < -0.3 is 15.0 Å². The summed E-state index contributed by atoms with van der Waals surface area (Å²) in [5, 5.41) is 7.09. The molecule has 3 heterocycles. The number of amides is 1. The fourth-order valence-corrected chi connectivity index (χ4v) is 5.17. The summed E-state index contributed by atoms with van der Waals surface area (Å²) in [4.78, 5) is 17.9. The van der Waals surface area contributed by atoms with E-state index in [9.17, 15) is 4.79 Å². The number of hydrogen-bond donors (Lipinski definition) is 2. The summed E-state index contributed by atoms with van der Waals surface area (Å²) in [6, 6.07) is 9.12. The topological polar surface area (TPSA) is 58.4 Å². The Hall–Kier alpha value is -2.82. The van der Waals surface area contributed by atoms with Gasteiger partial charge in [0, 0.05) is 23.5 Å². The third kappa shape index (κ3) is 2.60. The fraction of sp³-hybridized carbons (Fsp3) is 0.417. The molecule has 6 rings (SSSR count). The van der Waals surface area contributed by atoms with Gasteiger partial charge in [0.05, 0.1) is 16.9 Å². The molecule has 1 saturated carbocycles. The maximum Gasteiger partial charge on any atom is 0.253 e. The van der Waals surface area contributed by atoms with Gasteiger partial charge in [-0.3, -0.25) is 4.79 Å². The number of fused-ring (bicyclic) bond motifs is 4. The number of aryl methyl sites for hydroxylation is 2. The van der Waals surface area contributed by atoms with Crippen LogP contribution in [-0.4, -0.2) is 26.9 Å². The van der Waals surface area contributed by atoms with E-state index in [4.69, 9.17) is 4.98 Å². The van der Waals surface area contributed by atoms with E-state index >= 15 is 0 Å². The second-order valence-corrected chi connectivity index (χ2v) is 9.15. The molecule has 2 aromatic heterocycles. The van der Waals surface area contributed by atoms with E-state index in [1.807, 2.05) is 13.1 Å². The molecule has 1 fully saturated rings. The van der Waals surface area contributed by atoms with Crippen molar-refractivity contribution < 1.29 is 4.79 Å². The highest BCUT2D eigenvalue weighted by molar-refractivity contribution is 5.99. The van der Waals surface area contributed by atoms with Gasteiger partial charge in [-0.2, -0.15) is 0 Å². The van der Waals surface area contributed by atoms with Gasteiger partial charge in [0.2, 0.25) is 0 Å². The monoisotopic (exact) mass is 386 g/mol. The van der Waals surface area contributed by atoms with Crippen molar-refractivity contribution in [1.82, 2.24) is 14.7 Å². The highest BCUT2D eigenvalue weighted by Gasteiger charge is 2.41. The molecule has 5 nitrogen and oxygen atoms in total. The highest BCUT2D eigenvalue weighted by atomic mass is 16.1. The minimum Gasteiger partial charge on any atom is -0.376 e. The van der Waals surface area contributed by atoms with Crippen LogP contribution in [0.15, 0.2) is 30.5 Å². The average Bonchev–Trinajstić information content (AvgIpc) is 3.38. The summed E-state index contributed by atoms with van der Waals surface area (Å²) < 4.78 is 2.10. The lowest BCUT2D eigenvalue weighted by atomic mass is 9.82. The number of rotatable bonds is 2. The Labute approximate surface area is 170 Å². The number of benzene rings is 1. The lowest BCUT2D eigenvalue weighted by Gasteiger charge is -2.37. The smallest absolute Gasteiger partial charge is 0.253 e. The van der Waals surface area contributed by atoms with Gasteiger partial charge in [0.1, 0.15) is 0 Å². The zero-order valence-corrected chi connectivity index (χ0v) is 17.0. The largest absolute Gasteiger partial charge is 0.376 e. The van der Waals surface area contributed by atoms with Crippen LogP contribution < -0.4 is 10.6 Å². The molecule has 2 aliphatic carbocycles. The molecule has 1 amide bonds. The van der Waals surface area contributed by atoms with E-state index in [0.717, 1.165) is 72.4 Å². The van der Waals surface area contributed by atoms with Crippen LogP contribution in [0.5, 0.6) is 0 Å². The third-order valence-electron chi connectivity index (χ3n) is 7.07. The number of anilines is 1. The van der Waals surface area contributed by atoms with Crippen LogP contribution >= 0.6 is 0 Å². The Morgan fingerprint density at radius 2 is 1.93 bits per heavy atom. The van der Waals surface area contributed by atoms with Crippen LogP contribution in [0.2, 0.25) is 0 Å². The maximum absolute atomic E-state index is 13.0. The predicted octanol–water partition coefficient (Wildman–Crippen LogP) is 3.74. The Morgan fingerprint density at radius 1 is 1.21 bits per heavy atom. The Bertz CT molecular complexity index is 1150. The van der Waals surface area contributed by atoms with Crippen LogP contribution in [0.4, 0.5) is 5.69 Å². The minimum atomic E-state index is 0.0243. The molecule has 29 heavy (non-hydrogen) atoms. The van der Waals surface area contributed by atoms with Crippen molar-refractivity contribution in [2.24, 2.45) is 0 Å². The number of nitrogens with zero attached hydrogens (tertiary/aromatic N) is 2. The average molecular weight is 386 g/mol. The van der Waals surface area contributed by atoms with Crippen molar-refractivity contribution in [1.29, 1.82) is 0 Å². The molecule has 3 aliphatic rings. The Kier molecular flexibility index (Phi) is 3.44. The first kappa shape index (κ1) is 17.1. The molecular formula is C24H26N4O. The van der Waals surface area contributed by atoms with E-state index < -0.39 is 0 Å². The summed E-state index contributed by atoms with van der Waals surface area (Å²) in [7, 11) is 0. The number of pyridine rings is 1. The van der Waals surface area contributed by atoms with E-state index in [1.54, 1.807) is 0 Å². The van der Waals surface area contributed by atoms with Gasteiger partial charge in [-0.05, 0) is 69.1 Å². The molecule has 0 saturated heterocycles. The van der Waals surface area contributed by atoms with Crippen molar-refractivity contribution in [3.8, 4) is 0 Å². The first-order valence-electron chi connectivity index (χ1n) is 10.7. The van der Waals surface area contributed by atoms with Crippen molar-refractivity contribution in [3.05, 3.63) is 64.1 Å². The number of carbonyl (C=O) groups excluding carboxylic acids is 1. The van der Waals surface area contributed by atoms with Crippen molar-refractivity contribution >= 4 is 17.2 Å². The quantitative estimate of drug-likeness (QED) is 0.705. The van der Waals surface area contributed by atoms with E-state index in [-0.39, 0.29) is 11.4 Å². The predicted molar refractivity (Wildman–Crippen MR) is 114 cm³/mol. The molecule has 5 heteroatoms. The SMILES string of the molecule is Cc1nc2c3c(c(C(=O)NC4CC4)cn2c1C)CCC1(Cc2ccccc2C1)N3. The second kappa shape index (κ2) is 5.85. The molecule has 148 valence electrons. The van der Waals surface area contributed by atoms with Crippen LogP contribution in [0, 0.1) is 13.8 Å². The van der Waals surface area contributed by atoms with Crippen molar-refractivity contribution in [2.75, 3.05) is 5.32 Å². The second-order valence-electron chi connectivity index (χ2n) is 9.15. The molecule has 3 aromatic rings. The number of nitrogens with one attached hydrogen (secondary N) is 2. The molecule has 1 spiro atoms. The van der Waals surface area contributed by atoms with Crippen LogP contribution in [0.25, 0.3) is 5.65 Å². The molecular weight excluding hydrogens is 360 g/mol. The summed E-state index contributed by atoms with van der Waals surface area (Å²) in [6.45, 7) is 4.12. The lowest BCUT2D eigenvalue weighted by molar-refractivity contribution is 0.0949. The van der Waals surface area contributed by atoms with Crippen molar-refractivity contribution in [2.45, 2.75) is 64.0 Å². The number of aromatic nitrogens is 2. The fourth-order valence-electron chi connectivity index (χ4n) is 5.17. The molecule has 2 N–H and O–H groups in total. The molecule has 0 unspecified atom stereocenters. The minimum absolute atomic E-state index is 0.0243. The zero-order chi connectivity index (χ0) is 19.8. The van der Waals surface area contributed by atoms with Crippen LogP contribution in [0.1, 0.15) is 57.7 Å². The normalized spacial score (nSPS) is 19.1. The van der Waals surface area contributed by atoms with E-state index in [2.05, 4.69) is 46.2 Å². The highest BCUT2D eigenvalue weighted by Crippen LogP contribution is 2.43. The molecule has 1 aliphatic heterocycles. The third-order valence-corrected chi connectivity index (χ3v) is 7.07. The van der Waals surface area contributed by atoms with Gasteiger partial charge in [0.25, 0.3) is 5.91 Å². The van der Waals surface area contributed by atoms with Gasteiger partial charge >= 0.3 is 0 Å². The van der Waals surface area contributed by atoms with Crippen LogP contribution in [0.3, 0.4) is 0 Å². The molecule has 1 aromatic carbocycles. The molecule has 0 atom stereocenters. The molecule has 0 bridgehead atoms. The van der Waals surface area contributed by atoms with Gasteiger partial charge in [-0.1, -0.05) is 24.3 Å².